The maximum absolute atomic E-state index is 12.7. The number of allylic oxidation sites excluding steroid dienone is 2. The summed E-state index contributed by atoms with van der Waals surface area (Å²) in [5, 5.41) is 30.2. The largest absolute Gasteiger partial charge is 0.507 e. The highest BCUT2D eigenvalue weighted by Gasteiger charge is 2.33. The van der Waals surface area contributed by atoms with E-state index in [-0.39, 0.29) is 16.1 Å². The van der Waals surface area contributed by atoms with Crippen LogP contribution >= 0.6 is 11.6 Å². The topological polar surface area (TPSA) is 104 Å². The van der Waals surface area contributed by atoms with Crippen LogP contribution in [0.1, 0.15) is 49.5 Å². The number of aromatic hydroxyl groups is 2. The summed E-state index contributed by atoms with van der Waals surface area (Å²) in [7, 11) is 0. The lowest BCUT2D eigenvalue weighted by Crippen LogP contribution is -2.40. The Morgan fingerprint density at radius 3 is 2.56 bits per heavy atom. The van der Waals surface area contributed by atoms with Crippen molar-refractivity contribution in [3.05, 3.63) is 33.9 Å². The average Bonchev–Trinajstić information content (AvgIpc) is 2.50. The van der Waals surface area contributed by atoms with Gasteiger partial charge in [0, 0.05) is 11.6 Å². The van der Waals surface area contributed by atoms with E-state index in [0.717, 1.165) is 6.07 Å². The lowest BCUT2D eigenvalue weighted by molar-refractivity contribution is -0.161. The van der Waals surface area contributed by atoms with E-state index in [0.29, 0.717) is 18.4 Å². The van der Waals surface area contributed by atoms with Crippen LogP contribution in [0.25, 0.3) is 0 Å². The lowest BCUT2D eigenvalue weighted by Gasteiger charge is -2.30. The third-order valence-electron chi connectivity index (χ3n) is 4.51. The number of halogens is 1. The molecule has 0 saturated heterocycles. The molecule has 1 aliphatic rings. The first kappa shape index (κ1) is 19.3. The van der Waals surface area contributed by atoms with Crippen molar-refractivity contribution < 1.29 is 29.6 Å². The summed E-state index contributed by atoms with van der Waals surface area (Å²) < 4.78 is 5.25. The van der Waals surface area contributed by atoms with Crippen molar-refractivity contribution in [2.45, 2.75) is 51.7 Å². The molecule has 2 rings (SSSR count). The third-order valence-corrected chi connectivity index (χ3v) is 4.93. The van der Waals surface area contributed by atoms with E-state index in [2.05, 4.69) is 0 Å². The third kappa shape index (κ3) is 3.96. The van der Waals surface area contributed by atoms with Gasteiger partial charge in [0.15, 0.2) is 5.78 Å². The molecule has 0 unspecified atom stereocenters. The zero-order chi connectivity index (χ0) is 18.9. The molecule has 0 fully saturated rings. The van der Waals surface area contributed by atoms with Crippen LogP contribution < -0.4 is 0 Å². The number of benzene rings is 1. The number of rotatable bonds is 0. The number of phenolic OH excluding ortho intramolecular Hbond substituents is 2. The van der Waals surface area contributed by atoms with E-state index in [4.69, 9.17) is 16.3 Å². The molecule has 2 atom stereocenters. The highest BCUT2D eigenvalue weighted by Crippen LogP contribution is 2.38. The first-order valence-corrected chi connectivity index (χ1v) is 8.29. The maximum atomic E-state index is 12.7. The normalized spacial score (nSPS) is 27.4. The molecule has 3 N–H and O–H groups in total. The number of hydrogen-bond acceptors (Lipinski definition) is 6. The van der Waals surface area contributed by atoms with Gasteiger partial charge in [-0.2, -0.15) is 0 Å². The number of aliphatic hydroxyl groups is 1. The Labute approximate surface area is 150 Å². The van der Waals surface area contributed by atoms with Crippen molar-refractivity contribution in [1.29, 1.82) is 0 Å². The molecule has 0 spiro atoms. The number of esters is 1. The molecule has 136 valence electrons. The van der Waals surface area contributed by atoms with Gasteiger partial charge in [0.1, 0.15) is 17.6 Å². The van der Waals surface area contributed by atoms with Gasteiger partial charge in [0.2, 0.25) is 0 Å². The first-order chi connectivity index (χ1) is 11.5. The average molecular weight is 369 g/mol. The zero-order valence-electron chi connectivity index (χ0n) is 14.3. The molecule has 0 aromatic heterocycles. The van der Waals surface area contributed by atoms with Crippen molar-refractivity contribution in [3.8, 4) is 11.5 Å². The minimum absolute atomic E-state index is 0.00525. The first-order valence-electron chi connectivity index (χ1n) is 7.91. The second-order valence-corrected chi connectivity index (χ2v) is 6.88. The Morgan fingerprint density at radius 2 is 1.92 bits per heavy atom. The van der Waals surface area contributed by atoms with Gasteiger partial charge in [-0.05, 0) is 39.2 Å². The summed E-state index contributed by atoms with van der Waals surface area (Å²) >= 11 is 6.06. The number of hydrogen-bond donors (Lipinski definition) is 3. The second kappa shape index (κ2) is 7.06. The van der Waals surface area contributed by atoms with E-state index < -0.39 is 41.4 Å². The van der Waals surface area contributed by atoms with Crippen LogP contribution in [0, 0.1) is 0 Å². The van der Waals surface area contributed by atoms with Crippen LogP contribution in [0.15, 0.2) is 17.7 Å². The predicted octanol–water partition coefficient (Wildman–Crippen LogP) is 2.90. The van der Waals surface area contributed by atoms with Gasteiger partial charge in [-0.25, -0.2) is 0 Å². The maximum Gasteiger partial charge on any atom is 0.310 e. The summed E-state index contributed by atoms with van der Waals surface area (Å²) in [6.45, 7) is 4.71. The van der Waals surface area contributed by atoms with Crippen LogP contribution in [-0.4, -0.2) is 38.8 Å². The lowest BCUT2D eigenvalue weighted by atomic mass is 9.91. The van der Waals surface area contributed by atoms with Gasteiger partial charge in [0.05, 0.1) is 22.6 Å². The summed E-state index contributed by atoms with van der Waals surface area (Å²) in [4.78, 5) is 24.9. The highest BCUT2D eigenvalue weighted by molar-refractivity contribution is 6.34. The number of phenols is 2. The Hall–Kier alpha value is -2.05. The molecular weight excluding hydrogens is 348 g/mol. The van der Waals surface area contributed by atoms with Crippen molar-refractivity contribution in [3.63, 3.8) is 0 Å². The highest BCUT2D eigenvalue weighted by atomic mass is 35.5. The van der Waals surface area contributed by atoms with Crippen LogP contribution in [0.4, 0.5) is 0 Å². The Bertz CT molecular complexity index is 750. The molecule has 7 heteroatoms. The molecule has 1 aromatic carbocycles. The molecule has 1 heterocycles. The number of ether oxygens (including phenoxy) is 1. The van der Waals surface area contributed by atoms with E-state index >= 15 is 0 Å². The summed E-state index contributed by atoms with van der Waals surface area (Å²) in [6, 6.07) is 0.969. The fraction of sp³-hybridized carbons (Fsp3) is 0.444. The van der Waals surface area contributed by atoms with Crippen LogP contribution in [0.5, 0.6) is 11.5 Å². The van der Waals surface area contributed by atoms with E-state index in [9.17, 15) is 24.9 Å². The smallest absolute Gasteiger partial charge is 0.310 e. The minimum Gasteiger partial charge on any atom is -0.507 e. The molecule has 0 bridgehead atoms. The molecule has 6 nitrogen and oxygen atoms in total. The number of cyclic esters (lactones) is 1. The van der Waals surface area contributed by atoms with Crippen molar-refractivity contribution in [2.75, 3.05) is 0 Å². The molecule has 1 aromatic rings. The fourth-order valence-electron chi connectivity index (χ4n) is 2.69. The number of carbonyl (C=O) groups is 2. The van der Waals surface area contributed by atoms with Crippen molar-refractivity contribution in [2.24, 2.45) is 0 Å². The Morgan fingerprint density at radius 1 is 1.28 bits per heavy atom. The quantitative estimate of drug-likeness (QED) is 0.608. The summed E-state index contributed by atoms with van der Waals surface area (Å²) in [5.41, 5.74) is -1.05. The van der Waals surface area contributed by atoms with Gasteiger partial charge in [0.25, 0.3) is 0 Å². The second-order valence-electron chi connectivity index (χ2n) is 6.50. The molecule has 0 aliphatic carbocycles. The SMILES string of the molecule is C/C1=C/CC[C@@](C)(O)[C@@H](C)OC(=O)Cc2c(Cl)c(O)cc(O)c2C1=O. The predicted molar refractivity (Wildman–Crippen MR) is 92.0 cm³/mol. The van der Waals surface area contributed by atoms with Gasteiger partial charge < -0.3 is 20.1 Å². The molecular formula is C18H21ClO6. The fourth-order valence-corrected chi connectivity index (χ4v) is 2.90. The van der Waals surface area contributed by atoms with Crippen LogP contribution in [0.3, 0.4) is 0 Å². The number of Topliss-reactive ketones (excluding diaryl/α,β-unsaturated/α-hetero) is 1. The Balaban J connectivity index is 2.61. The molecule has 0 saturated carbocycles. The molecule has 25 heavy (non-hydrogen) atoms. The van der Waals surface area contributed by atoms with Crippen LogP contribution in [-0.2, 0) is 16.0 Å². The summed E-state index contributed by atoms with van der Waals surface area (Å²) in [6.07, 6.45) is 1.12. The zero-order valence-corrected chi connectivity index (χ0v) is 15.1. The number of carbonyl (C=O) groups excluding carboxylic acids is 2. The van der Waals surface area contributed by atoms with Gasteiger partial charge in [-0.1, -0.05) is 17.7 Å². The monoisotopic (exact) mass is 368 g/mol. The van der Waals surface area contributed by atoms with Crippen LogP contribution in [0.2, 0.25) is 5.02 Å². The van der Waals surface area contributed by atoms with E-state index in [1.54, 1.807) is 26.8 Å². The van der Waals surface area contributed by atoms with Crippen molar-refractivity contribution in [1.82, 2.24) is 0 Å². The number of fused-ring (bicyclic) bond motifs is 1. The number of ketones is 1. The summed E-state index contributed by atoms with van der Waals surface area (Å²) in [5.74, 6) is -2.13. The molecule has 0 amide bonds. The van der Waals surface area contributed by atoms with E-state index in [1.807, 2.05) is 0 Å². The van der Waals surface area contributed by atoms with Gasteiger partial charge in [-0.15, -0.1) is 0 Å². The van der Waals surface area contributed by atoms with E-state index in [1.165, 1.54) is 0 Å². The minimum atomic E-state index is -1.26. The van der Waals surface area contributed by atoms with Crippen molar-refractivity contribution >= 4 is 23.4 Å². The molecule has 0 radical (unpaired) electrons. The Kier molecular flexibility index (Phi) is 5.44. The van der Waals surface area contributed by atoms with Gasteiger partial charge >= 0.3 is 5.97 Å². The standard InChI is InChI=1S/C18H21ClO6/c1-9-5-4-6-18(3,24)10(2)25-14(22)7-11-15(17(9)23)12(20)8-13(21)16(11)19/h5,8,10,20-21,24H,4,6-7H2,1-3H3/b9-5-/t10-,18-/m1/s1. The van der Waals surface area contributed by atoms with Gasteiger partial charge in [-0.3, -0.25) is 9.59 Å². The molecule has 1 aliphatic heterocycles.